The molecular formula is C13H16N4O2. The van der Waals surface area contributed by atoms with E-state index >= 15 is 0 Å². The van der Waals surface area contributed by atoms with Crippen molar-refractivity contribution in [3.63, 3.8) is 0 Å². The number of benzene rings is 1. The molecule has 100 valence electrons. The van der Waals surface area contributed by atoms with Gasteiger partial charge in [-0.1, -0.05) is 35.5 Å². The van der Waals surface area contributed by atoms with Gasteiger partial charge >= 0.3 is 0 Å². The molecule has 19 heavy (non-hydrogen) atoms. The molecule has 1 heterocycles. The molecular weight excluding hydrogens is 244 g/mol. The molecule has 1 aromatic heterocycles. The number of hydrogen-bond donors (Lipinski definition) is 2. The summed E-state index contributed by atoms with van der Waals surface area (Å²) in [5.41, 5.74) is 6.89. The molecule has 0 spiro atoms. The molecule has 1 atom stereocenters. The first kappa shape index (κ1) is 13.2. The third-order valence-corrected chi connectivity index (χ3v) is 2.69. The Morgan fingerprint density at radius 2 is 2.16 bits per heavy atom. The summed E-state index contributed by atoms with van der Waals surface area (Å²) < 4.78 is 4.60. The predicted molar refractivity (Wildman–Crippen MR) is 69.1 cm³/mol. The lowest BCUT2D eigenvalue weighted by molar-refractivity contribution is -0.122. The highest BCUT2D eigenvalue weighted by molar-refractivity contribution is 5.81. The van der Waals surface area contributed by atoms with Gasteiger partial charge in [0.1, 0.15) is 0 Å². The maximum atomic E-state index is 11.8. The molecule has 6 nitrogen and oxygen atoms in total. The third-order valence-electron chi connectivity index (χ3n) is 2.69. The largest absolute Gasteiger partial charge is 0.354 e. The number of hydrogen-bond acceptors (Lipinski definition) is 5. The number of nitrogens with two attached hydrogens (primary N) is 1. The van der Waals surface area contributed by atoms with E-state index in [4.69, 9.17) is 5.73 Å². The summed E-state index contributed by atoms with van der Waals surface area (Å²) >= 11 is 0. The van der Waals surface area contributed by atoms with Crippen molar-refractivity contribution >= 4 is 5.91 Å². The smallest absolute Gasteiger partial charge is 0.237 e. The molecule has 0 bridgehead atoms. The molecule has 2 rings (SSSR count). The summed E-state index contributed by atoms with van der Waals surface area (Å²) in [6, 6.07) is 9.14. The number of rotatable bonds is 6. The standard InChI is InChI=1S/C13H16N4O2/c14-11(8-10-4-2-1-3-5-10)13(18)15-7-6-12-16-9-19-17-12/h1-5,9,11H,6-8,14H2,(H,15,18). The van der Waals surface area contributed by atoms with Crippen LogP contribution in [0.5, 0.6) is 0 Å². The Balaban J connectivity index is 1.73. The van der Waals surface area contributed by atoms with E-state index in [0.29, 0.717) is 25.2 Å². The molecule has 1 aromatic carbocycles. The predicted octanol–water partition coefficient (Wildman–Crippen LogP) is 0.298. The van der Waals surface area contributed by atoms with Crippen molar-refractivity contribution in [2.45, 2.75) is 18.9 Å². The van der Waals surface area contributed by atoms with Crippen LogP contribution in [0.4, 0.5) is 0 Å². The van der Waals surface area contributed by atoms with Gasteiger partial charge in [0.2, 0.25) is 12.3 Å². The zero-order chi connectivity index (χ0) is 13.5. The highest BCUT2D eigenvalue weighted by Gasteiger charge is 2.13. The van der Waals surface area contributed by atoms with Crippen molar-refractivity contribution in [1.82, 2.24) is 15.5 Å². The van der Waals surface area contributed by atoms with Crippen molar-refractivity contribution in [3.05, 3.63) is 48.1 Å². The van der Waals surface area contributed by atoms with Crippen LogP contribution < -0.4 is 11.1 Å². The van der Waals surface area contributed by atoms with Gasteiger partial charge in [0.05, 0.1) is 6.04 Å². The van der Waals surface area contributed by atoms with Crippen LogP contribution in [-0.2, 0) is 17.6 Å². The Morgan fingerprint density at radius 3 is 2.84 bits per heavy atom. The highest BCUT2D eigenvalue weighted by Crippen LogP contribution is 2.01. The summed E-state index contributed by atoms with van der Waals surface area (Å²) in [4.78, 5) is 15.6. The summed E-state index contributed by atoms with van der Waals surface area (Å²) in [6.07, 6.45) is 2.31. The van der Waals surface area contributed by atoms with Crippen molar-refractivity contribution < 1.29 is 9.32 Å². The minimum atomic E-state index is -0.548. The van der Waals surface area contributed by atoms with E-state index in [1.165, 1.54) is 6.39 Å². The maximum Gasteiger partial charge on any atom is 0.237 e. The summed E-state index contributed by atoms with van der Waals surface area (Å²) in [5, 5.41) is 6.41. The van der Waals surface area contributed by atoms with E-state index in [0.717, 1.165) is 5.56 Å². The third kappa shape index (κ3) is 4.18. The van der Waals surface area contributed by atoms with Gasteiger partial charge in [-0.3, -0.25) is 4.79 Å². The lowest BCUT2D eigenvalue weighted by atomic mass is 10.1. The Bertz CT molecular complexity index is 499. The maximum absolute atomic E-state index is 11.8. The first-order valence-electron chi connectivity index (χ1n) is 6.08. The number of amides is 1. The Labute approximate surface area is 111 Å². The van der Waals surface area contributed by atoms with Gasteiger partial charge in [-0.2, -0.15) is 4.98 Å². The van der Waals surface area contributed by atoms with E-state index in [9.17, 15) is 4.79 Å². The van der Waals surface area contributed by atoms with Gasteiger partial charge in [0.15, 0.2) is 5.82 Å². The normalized spacial score (nSPS) is 12.1. The molecule has 0 fully saturated rings. The lowest BCUT2D eigenvalue weighted by Gasteiger charge is -2.11. The fourth-order valence-electron chi connectivity index (χ4n) is 1.69. The molecule has 1 amide bonds. The topological polar surface area (TPSA) is 94.0 Å². The summed E-state index contributed by atoms with van der Waals surface area (Å²) in [5.74, 6) is 0.393. The SMILES string of the molecule is NC(Cc1ccccc1)C(=O)NCCc1ncon1. The van der Waals surface area contributed by atoms with Crippen LogP contribution in [0.1, 0.15) is 11.4 Å². The monoisotopic (exact) mass is 260 g/mol. The van der Waals surface area contributed by atoms with E-state index in [2.05, 4.69) is 20.0 Å². The van der Waals surface area contributed by atoms with Crippen LogP contribution in [0.2, 0.25) is 0 Å². The van der Waals surface area contributed by atoms with Crippen LogP contribution in [-0.4, -0.2) is 28.6 Å². The average Bonchev–Trinajstić information content (AvgIpc) is 2.93. The van der Waals surface area contributed by atoms with Gasteiger partial charge in [-0.25, -0.2) is 0 Å². The van der Waals surface area contributed by atoms with Crippen LogP contribution in [0, 0.1) is 0 Å². The van der Waals surface area contributed by atoms with Crippen molar-refractivity contribution in [2.24, 2.45) is 5.73 Å². The second-order valence-corrected chi connectivity index (χ2v) is 4.18. The van der Waals surface area contributed by atoms with Crippen LogP contribution in [0.3, 0.4) is 0 Å². The molecule has 2 aromatic rings. The van der Waals surface area contributed by atoms with Gasteiger partial charge in [-0.15, -0.1) is 0 Å². The van der Waals surface area contributed by atoms with E-state index in [-0.39, 0.29) is 5.91 Å². The molecule has 0 saturated heterocycles. The molecule has 0 aliphatic rings. The molecule has 0 radical (unpaired) electrons. The summed E-state index contributed by atoms with van der Waals surface area (Å²) in [7, 11) is 0. The number of carbonyl (C=O) groups excluding carboxylic acids is 1. The van der Waals surface area contributed by atoms with Crippen molar-refractivity contribution in [3.8, 4) is 0 Å². The molecule has 3 N–H and O–H groups in total. The second kappa shape index (κ2) is 6.65. The molecule has 6 heteroatoms. The summed E-state index contributed by atoms with van der Waals surface area (Å²) in [6.45, 7) is 0.445. The van der Waals surface area contributed by atoms with Crippen molar-refractivity contribution in [2.75, 3.05) is 6.54 Å². The van der Waals surface area contributed by atoms with E-state index in [1.54, 1.807) is 0 Å². The minimum Gasteiger partial charge on any atom is -0.354 e. The van der Waals surface area contributed by atoms with Crippen molar-refractivity contribution in [1.29, 1.82) is 0 Å². The number of carbonyl (C=O) groups is 1. The molecule has 0 saturated carbocycles. The Morgan fingerprint density at radius 1 is 1.37 bits per heavy atom. The van der Waals surface area contributed by atoms with E-state index < -0.39 is 6.04 Å². The van der Waals surface area contributed by atoms with Crippen LogP contribution in [0.15, 0.2) is 41.2 Å². The van der Waals surface area contributed by atoms with Gasteiger partial charge in [0, 0.05) is 13.0 Å². The first-order valence-corrected chi connectivity index (χ1v) is 6.08. The lowest BCUT2D eigenvalue weighted by Crippen LogP contribution is -2.42. The van der Waals surface area contributed by atoms with Gasteiger partial charge < -0.3 is 15.6 Å². The zero-order valence-corrected chi connectivity index (χ0v) is 10.5. The van der Waals surface area contributed by atoms with Gasteiger partial charge in [0.25, 0.3) is 0 Å². The molecule has 0 aliphatic carbocycles. The fraction of sp³-hybridized carbons (Fsp3) is 0.308. The quantitative estimate of drug-likeness (QED) is 0.779. The average molecular weight is 260 g/mol. The second-order valence-electron chi connectivity index (χ2n) is 4.18. The van der Waals surface area contributed by atoms with Crippen LogP contribution in [0.25, 0.3) is 0 Å². The molecule has 0 aliphatic heterocycles. The molecule has 1 unspecified atom stereocenters. The minimum absolute atomic E-state index is 0.174. The zero-order valence-electron chi connectivity index (χ0n) is 10.5. The van der Waals surface area contributed by atoms with Gasteiger partial charge in [-0.05, 0) is 12.0 Å². The Kier molecular flexibility index (Phi) is 4.63. The highest BCUT2D eigenvalue weighted by atomic mass is 16.5. The fourth-order valence-corrected chi connectivity index (χ4v) is 1.69. The van der Waals surface area contributed by atoms with E-state index in [1.807, 2.05) is 30.3 Å². The Hall–Kier alpha value is -2.21. The van der Waals surface area contributed by atoms with Crippen LogP contribution >= 0.6 is 0 Å². The number of nitrogens with one attached hydrogen (secondary N) is 1. The first-order chi connectivity index (χ1) is 9.25. The number of nitrogens with zero attached hydrogens (tertiary/aromatic N) is 2. The number of aromatic nitrogens is 2.